The number of rotatable bonds is 5. The quantitative estimate of drug-likeness (QED) is 0.589. The zero-order chi connectivity index (χ0) is 12.8. The topological polar surface area (TPSA) is 9.23 Å². The van der Waals surface area contributed by atoms with Crippen LogP contribution >= 0.6 is 0 Å². The molecule has 0 aromatic heterocycles. The largest absolute Gasteiger partial charge is 0.380 e. The van der Waals surface area contributed by atoms with Gasteiger partial charge in [-0.15, -0.1) is 0 Å². The maximum absolute atomic E-state index is 5.80. The van der Waals surface area contributed by atoms with E-state index < -0.39 is 0 Å². The maximum Gasteiger partial charge on any atom is 0.114 e. The Morgan fingerprint density at radius 3 is 2.22 bits per heavy atom. The molecule has 0 spiro atoms. The Morgan fingerprint density at radius 2 is 1.56 bits per heavy atom. The van der Waals surface area contributed by atoms with Crippen LogP contribution < -0.4 is 5.19 Å². The minimum absolute atomic E-state index is 0.721. The van der Waals surface area contributed by atoms with Crippen molar-refractivity contribution in [1.29, 1.82) is 0 Å². The highest BCUT2D eigenvalue weighted by atomic mass is 28.2. The van der Waals surface area contributed by atoms with Crippen molar-refractivity contribution in [2.75, 3.05) is 6.23 Å². The Balaban J connectivity index is 1.82. The summed E-state index contributed by atoms with van der Waals surface area (Å²) in [7, 11) is 0.728. The van der Waals surface area contributed by atoms with Gasteiger partial charge in [-0.05, 0) is 30.5 Å². The molecule has 0 bridgehead atoms. The molecule has 0 amide bonds. The van der Waals surface area contributed by atoms with Gasteiger partial charge < -0.3 is 4.74 Å². The first-order valence-electron chi connectivity index (χ1n) is 6.19. The van der Waals surface area contributed by atoms with E-state index >= 15 is 0 Å². The minimum atomic E-state index is 0.721. The summed E-state index contributed by atoms with van der Waals surface area (Å²) in [5.41, 5.74) is 3.96. The lowest BCUT2D eigenvalue weighted by Gasteiger charge is -2.10. The Hall–Kier alpha value is -1.38. The summed E-state index contributed by atoms with van der Waals surface area (Å²) in [6, 6.07) is 16.9. The van der Waals surface area contributed by atoms with Crippen LogP contribution in [0.2, 0.25) is 0 Å². The molecule has 2 radical (unpaired) electrons. The molecule has 0 saturated carbocycles. The second kappa shape index (κ2) is 6.52. The van der Waals surface area contributed by atoms with Crippen LogP contribution in [-0.2, 0) is 11.3 Å². The van der Waals surface area contributed by atoms with Gasteiger partial charge in [-0.1, -0.05) is 53.7 Å². The van der Waals surface area contributed by atoms with Crippen LogP contribution in [0.5, 0.6) is 0 Å². The summed E-state index contributed by atoms with van der Waals surface area (Å²) >= 11 is 0. The van der Waals surface area contributed by atoms with Crippen molar-refractivity contribution in [2.45, 2.75) is 20.5 Å². The minimum Gasteiger partial charge on any atom is -0.380 e. The lowest BCUT2D eigenvalue weighted by molar-refractivity contribution is 0.163. The summed E-state index contributed by atoms with van der Waals surface area (Å²) in [6.45, 7) is 5.01. The van der Waals surface area contributed by atoms with Gasteiger partial charge in [0.2, 0.25) is 0 Å². The van der Waals surface area contributed by atoms with Crippen molar-refractivity contribution in [3.8, 4) is 0 Å². The van der Waals surface area contributed by atoms with Gasteiger partial charge in [0.25, 0.3) is 0 Å². The predicted octanol–water partition coefficient (Wildman–Crippen LogP) is 2.81. The van der Waals surface area contributed by atoms with Gasteiger partial charge >= 0.3 is 0 Å². The molecule has 1 nitrogen and oxygen atoms in total. The summed E-state index contributed by atoms with van der Waals surface area (Å²) in [5.74, 6) is 0. The van der Waals surface area contributed by atoms with Crippen LogP contribution in [0.4, 0.5) is 0 Å². The van der Waals surface area contributed by atoms with Gasteiger partial charge in [0, 0.05) is 6.23 Å². The standard InChI is InChI=1S/C16H18OSi/c1-13-7-6-8-14(2)16(13)11-17-12-18-15-9-4-3-5-10-15/h3-10H,11-12H2,1-2H3. The van der Waals surface area contributed by atoms with E-state index in [0.717, 1.165) is 22.4 Å². The fraction of sp³-hybridized carbons (Fsp3) is 0.250. The second-order valence-corrected chi connectivity index (χ2v) is 5.63. The van der Waals surface area contributed by atoms with E-state index in [2.05, 4.69) is 56.3 Å². The Labute approximate surface area is 112 Å². The molecule has 0 aliphatic heterocycles. The van der Waals surface area contributed by atoms with E-state index in [0.29, 0.717) is 0 Å². The molecule has 0 unspecified atom stereocenters. The summed E-state index contributed by atoms with van der Waals surface area (Å²) in [4.78, 5) is 0. The maximum atomic E-state index is 5.80. The second-order valence-electron chi connectivity index (χ2n) is 4.41. The molecule has 0 heterocycles. The fourth-order valence-electron chi connectivity index (χ4n) is 1.92. The fourth-order valence-corrected chi connectivity index (χ4v) is 2.72. The molecule has 0 N–H and O–H groups in total. The van der Waals surface area contributed by atoms with E-state index in [1.54, 1.807) is 0 Å². The Bertz CT molecular complexity index is 473. The van der Waals surface area contributed by atoms with Crippen molar-refractivity contribution in [2.24, 2.45) is 0 Å². The molecule has 2 heteroatoms. The number of hydrogen-bond acceptors (Lipinski definition) is 1. The summed E-state index contributed by atoms with van der Waals surface area (Å²) < 4.78 is 5.80. The molecule has 0 aliphatic carbocycles. The third-order valence-electron chi connectivity index (χ3n) is 3.04. The first kappa shape index (κ1) is 13.1. The highest BCUT2D eigenvalue weighted by molar-refractivity contribution is 6.53. The average molecular weight is 254 g/mol. The zero-order valence-corrected chi connectivity index (χ0v) is 11.9. The number of ether oxygens (including phenoxy) is 1. The molecule has 92 valence electrons. The first-order chi connectivity index (χ1) is 8.77. The molecular weight excluding hydrogens is 236 g/mol. The number of benzene rings is 2. The van der Waals surface area contributed by atoms with Gasteiger partial charge in [0.05, 0.1) is 6.61 Å². The predicted molar refractivity (Wildman–Crippen MR) is 77.4 cm³/mol. The van der Waals surface area contributed by atoms with Crippen LogP contribution in [0.25, 0.3) is 0 Å². The van der Waals surface area contributed by atoms with E-state index in [4.69, 9.17) is 4.74 Å². The molecule has 2 rings (SSSR count). The number of hydrogen-bond donors (Lipinski definition) is 0. The first-order valence-corrected chi connectivity index (χ1v) is 7.40. The van der Waals surface area contributed by atoms with Gasteiger partial charge in [-0.25, -0.2) is 0 Å². The molecule has 0 atom stereocenters. The van der Waals surface area contributed by atoms with Gasteiger partial charge in [0.15, 0.2) is 0 Å². The molecule has 0 saturated heterocycles. The molecular formula is C16H18OSi. The lowest BCUT2D eigenvalue weighted by atomic mass is 10.0. The molecule has 2 aromatic rings. The smallest absolute Gasteiger partial charge is 0.114 e. The van der Waals surface area contributed by atoms with Crippen molar-refractivity contribution >= 4 is 14.7 Å². The Kier molecular flexibility index (Phi) is 4.73. The zero-order valence-electron chi connectivity index (χ0n) is 10.9. The third kappa shape index (κ3) is 3.55. The van der Waals surface area contributed by atoms with E-state index in [1.165, 1.54) is 21.9 Å². The molecule has 0 aliphatic rings. The van der Waals surface area contributed by atoms with Crippen molar-refractivity contribution in [3.05, 3.63) is 65.2 Å². The summed E-state index contributed by atoms with van der Waals surface area (Å²) in [6.07, 6.45) is 0.803. The molecule has 0 fully saturated rings. The monoisotopic (exact) mass is 254 g/mol. The molecule has 2 aromatic carbocycles. The van der Waals surface area contributed by atoms with Gasteiger partial charge in [-0.2, -0.15) is 0 Å². The summed E-state index contributed by atoms with van der Waals surface area (Å²) in [5, 5.41) is 1.36. The van der Waals surface area contributed by atoms with E-state index in [-0.39, 0.29) is 0 Å². The average Bonchev–Trinajstić information content (AvgIpc) is 2.38. The van der Waals surface area contributed by atoms with Crippen molar-refractivity contribution < 1.29 is 4.74 Å². The van der Waals surface area contributed by atoms with Crippen LogP contribution in [0.3, 0.4) is 0 Å². The van der Waals surface area contributed by atoms with E-state index in [9.17, 15) is 0 Å². The van der Waals surface area contributed by atoms with Crippen LogP contribution in [0.1, 0.15) is 16.7 Å². The SMILES string of the molecule is Cc1cccc(C)c1COC[Si]c1ccccc1. The Morgan fingerprint density at radius 1 is 0.889 bits per heavy atom. The highest BCUT2D eigenvalue weighted by Crippen LogP contribution is 2.13. The lowest BCUT2D eigenvalue weighted by Crippen LogP contribution is -2.19. The van der Waals surface area contributed by atoms with Gasteiger partial charge in [0.1, 0.15) is 9.52 Å². The van der Waals surface area contributed by atoms with Crippen molar-refractivity contribution in [1.82, 2.24) is 0 Å². The van der Waals surface area contributed by atoms with Gasteiger partial charge in [-0.3, -0.25) is 0 Å². The van der Waals surface area contributed by atoms with E-state index in [1.807, 2.05) is 6.07 Å². The van der Waals surface area contributed by atoms with Crippen molar-refractivity contribution in [3.63, 3.8) is 0 Å². The van der Waals surface area contributed by atoms with Crippen LogP contribution in [0.15, 0.2) is 48.5 Å². The number of aryl methyl sites for hydroxylation is 2. The highest BCUT2D eigenvalue weighted by Gasteiger charge is 2.02. The normalized spacial score (nSPS) is 10.6. The van der Waals surface area contributed by atoms with Crippen LogP contribution in [-0.4, -0.2) is 15.7 Å². The third-order valence-corrected chi connectivity index (χ3v) is 4.13. The van der Waals surface area contributed by atoms with Crippen LogP contribution in [0, 0.1) is 13.8 Å². The molecule has 18 heavy (non-hydrogen) atoms.